The maximum absolute atomic E-state index is 14.2. The Bertz CT molecular complexity index is 1960. The van der Waals surface area contributed by atoms with E-state index in [4.69, 9.17) is 14.2 Å². The minimum atomic E-state index is -3.63. The third kappa shape index (κ3) is 15.2. The molecule has 4 atom stereocenters. The summed E-state index contributed by atoms with van der Waals surface area (Å²) in [6.07, 6.45) is 0.0732. The van der Waals surface area contributed by atoms with Gasteiger partial charge in [0.1, 0.15) is 24.7 Å². The normalized spacial score (nSPS) is 13.5. The van der Waals surface area contributed by atoms with Gasteiger partial charge in [0.15, 0.2) is 9.84 Å². The first kappa shape index (κ1) is 44.6. The Morgan fingerprint density at radius 2 is 1.29 bits per heavy atom. The van der Waals surface area contributed by atoms with Crippen LogP contribution in [0, 0.1) is 5.92 Å². The number of amides is 4. The smallest absolute Gasteiger partial charge is 0.408 e. The van der Waals surface area contributed by atoms with Crippen LogP contribution in [0.5, 0.6) is 0 Å². The molecule has 16 heteroatoms. The van der Waals surface area contributed by atoms with Gasteiger partial charge >= 0.3 is 18.0 Å². The highest BCUT2D eigenvalue weighted by molar-refractivity contribution is 7.93. The Kier molecular flexibility index (Phi) is 17.5. The van der Waals surface area contributed by atoms with Gasteiger partial charge in [0.25, 0.3) is 0 Å². The highest BCUT2D eigenvalue weighted by Crippen LogP contribution is 2.20. The summed E-state index contributed by atoms with van der Waals surface area (Å²) >= 11 is 0. The molecule has 0 unspecified atom stereocenters. The Morgan fingerprint density at radius 1 is 0.679 bits per heavy atom. The highest BCUT2D eigenvalue weighted by atomic mass is 32.2. The van der Waals surface area contributed by atoms with E-state index in [1.54, 1.807) is 70.2 Å². The maximum Gasteiger partial charge on any atom is 0.408 e. The van der Waals surface area contributed by atoms with E-state index in [2.05, 4.69) is 21.3 Å². The molecule has 0 saturated carbocycles. The zero-order valence-corrected chi connectivity index (χ0v) is 32.9. The lowest BCUT2D eigenvalue weighted by Crippen LogP contribution is -2.59. The van der Waals surface area contributed by atoms with Crippen molar-refractivity contribution in [3.8, 4) is 0 Å². The SMILES string of the molecule is CCOC(=O)C[C@@H](/C=C/S(C)(=O)=O)NC(=O)[C@@H](NC(=O)[C@H](Cc1cccc2ccccc12)NC(=O)[C@H](CC(=O)OCC)NC(=O)OCc1ccccc1)C(C)C. The number of esters is 2. The maximum atomic E-state index is 14.2. The van der Waals surface area contributed by atoms with Gasteiger partial charge in [0, 0.05) is 18.1 Å². The highest BCUT2D eigenvalue weighted by Gasteiger charge is 2.33. The second kappa shape index (κ2) is 21.9. The number of ether oxygens (including phenoxy) is 3. The van der Waals surface area contributed by atoms with Crippen LogP contribution in [0.15, 0.2) is 84.3 Å². The lowest BCUT2D eigenvalue weighted by molar-refractivity contribution is -0.145. The molecule has 0 saturated heterocycles. The standard InChI is InChI=1S/C40H50N4O11S/c1-6-53-34(45)23-30(20-21-56(5,51)52)41-39(49)36(26(3)4)44-38(48)32(22-29-18-13-17-28-16-11-12-19-31(28)29)42-37(47)33(24-35(46)54-7-2)43-40(50)55-25-27-14-9-8-10-15-27/h8-21,26,30,32-33,36H,6-7,22-25H2,1-5H3,(H,41,49)(H,42,47)(H,43,50)(H,44,48)/b21-20+/t30-,32+,33+,36+/m1/s1. The van der Waals surface area contributed by atoms with Crippen LogP contribution in [0.1, 0.15) is 51.7 Å². The summed E-state index contributed by atoms with van der Waals surface area (Å²) in [5, 5.41) is 12.9. The first-order valence-corrected chi connectivity index (χ1v) is 20.1. The molecule has 3 rings (SSSR count). The Morgan fingerprint density at radius 3 is 1.93 bits per heavy atom. The monoisotopic (exact) mass is 794 g/mol. The summed E-state index contributed by atoms with van der Waals surface area (Å²) < 4.78 is 39.0. The minimum absolute atomic E-state index is 0.0150. The molecule has 0 aromatic heterocycles. The summed E-state index contributed by atoms with van der Waals surface area (Å²) in [5.41, 5.74) is 1.36. The van der Waals surface area contributed by atoms with Crippen LogP contribution in [0.3, 0.4) is 0 Å². The second-order valence-corrected chi connectivity index (χ2v) is 15.1. The van der Waals surface area contributed by atoms with Crippen molar-refractivity contribution >= 4 is 56.4 Å². The predicted octanol–water partition coefficient (Wildman–Crippen LogP) is 3.25. The van der Waals surface area contributed by atoms with E-state index in [9.17, 15) is 37.2 Å². The van der Waals surface area contributed by atoms with Crippen molar-refractivity contribution in [2.24, 2.45) is 5.92 Å². The van der Waals surface area contributed by atoms with Crippen LogP contribution in [0.4, 0.5) is 4.79 Å². The van der Waals surface area contributed by atoms with E-state index in [0.717, 1.165) is 28.5 Å². The van der Waals surface area contributed by atoms with Gasteiger partial charge < -0.3 is 35.5 Å². The number of hydrogen-bond acceptors (Lipinski definition) is 11. The van der Waals surface area contributed by atoms with Crippen molar-refractivity contribution in [2.75, 3.05) is 19.5 Å². The molecular weight excluding hydrogens is 745 g/mol. The Balaban J connectivity index is 1.93. The summed E-state index contributed by atoms with van der Waals surface area (Å²) in [5.74, 6) is -4.43. The van der Waals surface area contributed by atoms with Crippen LogP contribution < -0.4 is 21.3 Å². The largest absolute Gasteiger partial charge is 0.466 e. The molecule has 4 N–H and O–H groups in total. The van der Waals surface area contributed by atoms with Crippen molar-refractivity contribution in [1.82, 2.24) is 21.3 Å². The molecule has 0 aliphatic heterocycles. The Hall–Kier alpha value is -5.77. The van der Waals surface area contributed by atoms with Crippen molar-refractivity contribution in [3.63, 3.8) is 0 Å². The van der Waals surface area contributed by atoms with E-state index < -0.39 is 82.1 Å². The van der Waals surface area contributed by atoms with E-state index >= 15 is 0 Å². The molecular formula is C40H50N4O11S. The van der Waals surface area contributed by atoms with Gasteiger partial charge in [0.2, 0.25) is 17.7 Å². The summed E-state index contributed by atoms with van der Waals surface area (Å²) in [6, 6.07) is 16.5. The predicted molar refractivity (Wildman–Crippen MR) is 208 cm³/mol. The zero-order valence-electron chi connectivity index (χ0n) is 32.1. The van der Waals surface area contributed by atoms with Crippen molar-refractivity contribution < 1.29 is 51.4 Å². The van der Waals surface area contributed by atoms with E-state index in [-0.39, 0.29) is 32.7 Å². The number of carbonyl (C=O) groups is 6. The summed E-state index contributed by atoms with van der Waals surface area (Å²) in [4.78, 5) is 79.5. The fourth-order valence-corrected chi connectivity index (χ4v) is 6.02. The molecule has 4 amide bonds. The third-order valence-corrected chi connectivity index (χ3v) is 8.91. The molecule has 0 spiro atoms. The quantitative estimate of drug-likeness (QED) is 0.0963. The lowest BCUT2D eigenvalue weighted by Gasteiger charge is -2.28. The van der Waals surface area contributed by atoms with Gasteiger partial charge in [-0.15, -0.1) is 0 Å². The topological polar surface area (TPSA) is 212 Å². The van der Waals surface area contributed by atoms with Crippen molar-refractivity contribution in [1.29, 1.82) is 0 Å². The van der Waals surface area contributed by atoms with E-state index in [1.165, 1.54) is 0 Å². The lowest BCUT2D eigenvalue weighted by atomic mass is 9.97. The van der Waals surface area contributed by atoms with Crippen molar-refractivity contribution in [2.45, 2.75) is 77.7 Å². The minimum Gasteiger partial charge on any atom is -0.466 e. The number of benzene rings is 3. The van der Waals surface area contributed by atoms with Gasteiger partial charge in [0.05, 0.1) is 32.1 Å². The van der Waals surface area contributed by atoms with Gasteiger partial charge in [-0.1, -0.05) is 92.7 Å². The summed E-state index contributed by atoms with van der Waals surface area (Å²) in [7, 11) is -3.63. The first-order valence-electron chi connectivity index (χ1n) is 18.1. The second-order valence-electron chi connectivity index (χ2n) is 13.2. The molecule has 0 bridgehead atoms. The van der Waals surface area contributed by atoms with Gasteiger partial charge in [-0.05, 0) is 41.7 Å². The molecule has 0 fully saturated rings. The Labute approximate surface area is 326 Å². The average molecular weight is 795 g/mol. The van der Waals surface area contributed by atoms with Crippen LogP contribution >= 0.6 is 0 Å². The fourth-order valence-electron chi connectivity index (χ4n) is 5.54. The molecule has 302 valence electrons. The first-order chi connectivity index (χ1) is 26.6. The van der Waals surface area contributed by atoms with Gasteiger partial charge in [-0.2, -0.15) is 0 Å². The summed E-state index contributed by atoms with van der Waals surface area (Å²) in [6.45, 7) is 6.47. The molecule has 15 nitrogen and oxygen atoms in total. The molecule has 0 radical (unpaired) electrons. The van der Waals surface area contributed by atoms with Gasteiger partial charge in [-0.25, -0.2) is 13.2 Å². The number of hydrogen-bond donors (Lipinski definition) is 4. The number of nitrogens with one attached hydrogen (secondary N) is 4. The molecule has 0 aliphatic rings. The number of fused-ring (bicyclic) bond motifs is 1. The van der Waals surface area contributed by atoms with Crippen molar-refractivity contribution in [3.05, 3.63) is 95.4 Å². The van der Waals surface area contributed by atoms with Gasteiger partial charge in [-0.3, -0.25) is 24.0 Å². The van der Waals surface area contributed by atoms with Crippen LogP contribution in [-0.2, 0) is 61.0 Å². The third-order valence-electron chi connectivity index (χ3n) is 8.26. The number of alkyl carbamates (subject to hydrolysis) is 1. The molecule has 3 aromatic carbocycles. The van der Waals surface area contributed by atoms with Crippen LogP contribution in [0.2, 0.25) is 0 Å². The zero-order chi connectivity index (χ0) is 41.3. The van der Waals surface area contributed by atoms with Crippen LogP contribution in [0.25, 0.3) is 10.8 Å². The molecule has 0 aliphatic carbocycles. The molecule has 0 heterocycles. The fraction of sp³-hybridized carbons (Fsp3) is 0.400. The molecule has 56 heavy (non-hydrogen) atoms. The number of rotatable bonds is 20. The average Bonchev–Trinajstić information content (AvgIpc) is 3.14. The molecule has 3 aromatic rings. The number of sulfone groups is 1. The number of carbonyl (C=O) groups excluding carboxylic acids is 6. The van der Waals surface area contributed by atoms with E-state index in [0.29, 0.717) is 11.1 Å². The van der Waals surface area contributed by atoms with E-state index in [1.807, 2.05) is 30.3 Å². The van der Waals surface area contributed by atoms with Crippen LogP contribution in [-0.4, -0.2) is 87.8 Å².